The van der Waals surface area contributed by atoms with Crippen molar-refractivity contribution in [2.45, 2.75) is 32.2 Å². The van der Waals surface area contributed by atoms with Gasteiger partial charge in [0.25, 0.3) is 0 Å². The molecule has 1 aromatic rings. The molecule has 1 aliphatic heterocycles. The molecule has 1 aliphatic rings. The number of piperidine rings is 1. The van der Waals surface area contributed by atoms with E-state index in [-0.39, 0.29) is 23.8 Å². The Hall–Kier alpha value is -1.88. The van der Waals surface area contributed by atoms with Crippen LogP contribution in [0.25, 0.3) is 0 Å². The van der Waals surface area contributed by atoms with Gasteiger partial charge in [0.2, 0.25) is 5.91 Å². The van der Waals surface area contributed by atoms with E-state index >= 15 is 0 Å². The molecule has 2 N–H and O–H groups in total. The van der Waals surface area contributed by atoms with Gasteiger partial charge in [-0.05, 0) is 25.3 Å². The zero-order valence-corrected chi connectivity index (χ0v) is 13.0. The highest BCUT2D eigenvalue weighted by Gasteiger charge is 2.28. The van der Waals surface area contributed by atoms with Crippen molar-refractivity contribution in [3.8, 4) is 0 Å². The summed E-state index contributed by atoms with van der Waals surface area (Å²) < 4.78 is 5.04. The molecule has 1 aromatic carbocycles. The van der Waals surface area contributed by atoms with Crippen LogP contribution in [0.1, 0.15) is 37.8 Å². The molecular weight excluding hydrogens is 280 g/mol. The van der Waals surface area contributed by atoms with Crippen molar-refractivity contribution in [1.82, 2.24) is 4.90 Å². The largest absolute Gasteiger partial charge is 0.466 e. The van der Waals surface area contributed by atoms with Crippen LogP contribution in [-0.2, 0) is 14.3 Å². The standard InChI is InChI=1S/C17H24N2O3/c1-2-22-17(21)14-8-10-19(11-9-14)16(20)12-15(18)13-6-4-3-5-7-13/h3-7,14-15H,2,8-12,18H2,1H3. The molecule has 1 heterocycles. The van der Waals surface area contributed by atoms with Crippen LogP contribution >= 0.6 is 0 Å². The van der Waals surface area contributed by atoms with Crippen molar-refractivity contribution in [3.05, 3.63) is 35.9 Å². The zero-order chi connectivity index (χ0) is 15.9. The molecule has 5 nitrogen and oxygen atoms in total. The third-order valence-electron chi connectivity index (χ3n) is 4.09. The molecule has 5 heteroatoms. The zero-order valence-electron chi connectivity index (χ0n) is 13.0. The number of hydrogen-bond donors (Lipinski definition) is 1. The Morgan fingerprint density at radius 3 is 2.50 bits per heavy atom. The smallest absolute Gasteiger partial charge is 0.309 e. The van der Waals surface area contributed by atoms with Crippen molar-refractivity contribution in [1.29, 1.82) is 0 Å². The van der Waals surface area contributed by atoms with E-state index in [0.717, 1.165) is 5.56 Å². The average molecular weight is 304 g/mol. The maximum Gasteiger partial charge on any atom is 0.309 e. The summed E-state index contributed by atoms with van der Waals surface area (Å²) in [5.74, 6) is -0.166. The Bertz CT molecular complexity index is 496. The summed E-state index contributed by atoms with van der Waals surface area (Å²) in [6.45, 7) is 3.42. The van der Waals surface area contributed by atoms with Crippen LogP contribution in [0.15, 0.2) is 30.3 Å². The van der Waals surface area contributed by atoms with E-state index in [1.165, 1.54) is 0 Å². The van der Waals surface area contributed by atoms with Gasteiger partial charge in [-0.1, -0.05) is 30.3 Å². The Morgan fingerprint density at radius 1 is 1.27 bits per heavy atom. The third kappa shape index (κ3) is 4.31. The fourth-order valence-electron chi connectivity index (χ4n) is 2.76. The topological polar surface area (TPSA) is 72.6 Å². The molecular formula is C17H24N2O3. The van der Waals surface area contributed by atoms with Gasteiger partial charge in [-0.2, -0.15) is 0 Å². The summed E-state index contributed by atoms with van der Waals surface area (Å²) in [6.07, 6.45) is 1.64. The molecule has 1 atom stereocenters. The first-order valence-electron chi connectivity index (χ1n) is 7.86. The second-order valence-electron chi connectivity index (χ2n) is 5.63. The highest BCUT2D eigenvalue weighted by Crippen LogP contribution is 2.21. The number of likely N-dealkylation sites (tertiary alicyclic amines) is 1. The summed E-state index contributed by atoms with van der Waals surface area (Å²) >= 11 is 0. The number of carbonyl (C=O) groups excluding carboxylic acids is 2. The molecule has 0 radical (unpaired) electrons. The van der Waals surface area contributed by atoms with Crippen molar-refractivity contribution in [2.24, 2.45) is 11.7 Å². The molecule has 1 amide bonds. The number of rotatable bonds is 5. The van der Waals surface area contributed by atoms with E-state index < -0.39 is 0 Å². The highest BCUT2D eigenvalue weighted by molar-refractivity contribution is 5.78. The van der Waals surface area contributed by atoms with Gasteiger partial charge in [-0.25, -0.2) is 0 Å². The molecule has 2 rings (SSSR count). The molecule has 1 saturated heterocycles. The monoisotopic (exact) mass is 304 g/mol. The fraction of sp³-hybridized carbons (Fsp3) is 0.529. The number of benzene rings is 1. The van der Waals surface area contributed by atoms with E-state index in [0.29, 0.717) is 39.0 Å². The molecule has 1 fully saturated rings. The van der Waals surface area contributed by atoms with Crippen molar-refractivity contribution >= 4 is 11.9 Å². The number of amides is 1. The van der Waals surface area contributed by atoms with Crippen LogP contribution in [0.2, 0.25) is 0 Å². The summed E-state index contributed by atoms with van der Waals surface area (Å²) in [5.41, 5.74) is 7.07. The predicted octanol–water partition coefficient (Wildman–Crippen LogP) is 1.88. The van der Waals surface area contributed by atoms with E-state index in [1.807, 2.05) is 37.3 Å². The Morgan fingerprint density at radius 2 is 1.91 bits per heavy atom. The molecule has 0 aliphatic carbocycles. The number of hydrogen-bond acceptors (Lipinski definition) is 4. The van der Waals surface area contributed by atoms with Gasteiger partial charge in [0, 0.05) is 25.6 Å². The molecule has 0 aromatic heterocycles. The quantitative estimate of drug-likeness (QED) is 0.843. The lowest BCUT2D eigenvalue weighted by atomic mass is 9.96. The molecule has 120 valence electrons. The summed E-state index contributed by atoms with van der Waals surface area (Å²) in [5, 5.41) is 0. The minimum absolute atomic E-state index is 0.0543. The van der Waals surface area contributed by atoms with Crippen molar-refractivity contribution < 1.29 is 14.3 Å². The molecule has 0 spiro atoms. The number of ether oxygens (including phenoxy) is 1. The minimum Gasteiger partial charge on any atom is -0.466 e. The van der Waals surface area contributed by atoms with E-state index in [1.54, 1.807) is 4.90 Å². The van der Waals surface area contributed by atoms with Crippen LogP contribution in [0.4, 0.5) is 0 Å². The van der Waals surface area contributed by atoms with Crippen LogP contribution in [-0.4, -0.2) is 36.5 Å². The molecule has 0 bridgehead atoms. The SMILES string of the molecule is CCOC(=O)C1CCN(C(=O)CC(N)c2ccccc2)CC1. The maximum atomic E-state index is 12.3. The van der Waals surface area contributed by atoms with Gasteiger partial charge in [-0.3, -0.25) is 9.59 Å². The Kier molecular flexibility index (Phi) is 5.95. The van der Waals surface area contributed by atoms with Crippen molar-refractivity contribution in [3.63, 3.8) is 0 Å². The molecule has 0 saturated carbocycles. The first-order valence-corrected chi connectivity index (χ1v) is 7.86. The first kappa shape index (κ1) is 16.5. The van der Waals surface area contributed by atoms with Crippen LogP contribution in [0.5, 0.6) is 0 Å². The van der Waals surface area contributed by atoms with Crippen molar-refractivity contribution in [2.75, 3.05) is 19.7 Å². The first-order chi connectivity index (χ1) is 10.6. The lowest BCUT2D eigenvalue weighted by molar-refractivity contribution is -0.151. The number of nitrogens with two attached hydrogens (primary N) is 1. The van der Waals surface area contributed by atoms with Gasteiger partial charge in [0.05, 0.1) is 12.5 Å². The van der Waals surface area contributed by atoms with Gasteiger partial charge >= 0.3 is 5.97 Å². The van der Waals surface area contributed by atoms with Gasteiger partial charge in [0.15, 0.2) is 0 Å². The van der Waals surface area contributed by atoms with Crippen LogP contribution in [0.3, 0.4) is 0 Å². The second-order valence-corrected chi connectivity index (χ2v) is 5.63. The lowest BCUT2D eigenvalue weighted by Crippen LogP contribution is -2.41. The third-order valence-corrected chi connectivity index (χ3v) is 4.09. The van der Waals surface area contributed by atoms with E-state index in [2.05, 4.69) is 0 Å². The Balaban J connectivity index is 1.81. The number of nitrogens with zero attached hydrogens (tertiary/aromatic N) is 1. The normalized spacial score (nSPS) is 17.1. The Labute approximate surface area is 131 Å². The minimum atomic E-state index is -0.281. The van der Waals surface area contributed by atoms with Gasteiger partial charge in [-0.15, -0.1) is 0 Å². The van der Waals surface area contributed by atoms with Crippen LogP contribution in [0, 0.1) is 5.92 Å². The van der Waals surface area contributed by atoms with E-state index in [9.17, 15) is 9.59 Å². The molecule has 1 unspecified atom stereocenters. The lowest BCUT2D eigenvalue weighted by Gasteiger charge is -2.31. The van der Waals surface area contributed by atoms with E-state index in [4.69, 9.17) is 10.5 Å². The van der Waals surface area contributed by atoms with Gasteiger partial charge < -0.3 is 15.4 Å². The predicted molar refractivity (Wildman–Crippen MR) is 83.9 cm³/mol. The highest BCUT2D eigenvalue weighted by atomic mass is 16.5. The fourth-order valence-corrected chi connectivity index (χ4v) is 2.76. The van der Waals surface area contributed by atoms with Crippen LogP contribution < -0.4 is 5.73 Å². The summed E-state index contributed by atoms with van der Waals surface area (Å²) in [7, 11) is 0. The maximum absolute atomic E-state index is 12.3. The molecule has 22 heavy (non-hydrogen) atoms. The number of esters is 1. The number of carbonyl (C=O) groups is 2. The van der Waals surface area contributed by atoms with Gasteiger partial charge in [0.1, 0.15) is 0 Å². The second kappa shape index (κ2) is 7.94. The summed E-state index contributed by atoms with van der Waals surface area (Å²) in [6, 6.07) is 9.36. The average Bonchev–Trinajstić information content (AvgIpc) is 2.56. The summed E-state index contributed by atoms with van der Waals surface area (Å²) in [4.78, 5) is 25.8.